The summed E-state index contributed by atoms with van der Waals surface area (Å²) in [6.07, 6.45) is -1.26. The molecule has 0 spiro atoms. The quantitative estimate of drug-likeness (QED) is 0.139. The molecule has 2 amide bonds. The van der Waals surface area contributed by atoms with Crippen LogP contribution in [0.4, 0.5) is 18.9 Å². The Morgan fingerprint density at radius 1 is 1.00 bits per heavy atom. The zero-order valence-electron chi connectivity index (χ0n) is 22.9. The van der Waals surface area contributed by atoms with Crippen molar-refractivity contribution in [1.82, 2.24) is 5.43 Å². The highest BCUT2D eigenvalue weighted by molar-refractivity contribution is 5.93. The van der Waals surface area contributed by atoms with Crippen molar-refractivity contribution in [3.8, 4) is 11.5 Å². The summed E-state index contributed by atoms with van der Waals surface area (Å²) in [5.74, 6) is -0.00626. The standard InChI is InChI=1S/C31H32F3N3O4/c1-4-7-24-16-23(17-27(40-5-2)30(24)41-20-22-12-10-21(3)11-13-22)19-35-37-29(39)15-14-28(38)36-26-9-6-8-25(18-26)31(32,33)34/h4,6,8-13,16-19H,1,5,7,14-15,20H2,2-3H3,(H,36,38)(H,37,39). The van der Waals surface area contributed by atoms with Gasteiger partial charge in [-0.3, -0.25) is 9.59 Å². The first-order valence-electron chi connectivity index (χ1n) is 13.0. The van der Waals surface area contributed by atoms with Gasteiger partial charge < -0.3 is 14.8 Å². The molecule has 0 aliphatic heterocycles. The lowest BCUT2D eigenvalue weighted by Crippen LogP contribution is -2.20. The summed E-state index contributed by atoms with van der Waals surface area (Å²) in [4.78, 5) is 24.3. The molecule has 3 rings (SSSR count). The van der Waals surface area contributed by atoms with Crippen molar-refractivity contribution in [1.29, 1.82) is 0 Å². The van der Waals surface area contributed by atoms with E-state index in [1.165, 1.54) is 18.3 Å². The van der Waals surface area contributed by atoms with Gasteiger partial charge in [-0.15, -0.1) is 6.58 Å². The molecule has 0 unspecified atom stereocenters. The zero-order valence-corrected chi connectivity index (χ0v) is 22.9. The second-order valence-electron chi connectivity index (χ2n) is 9.13. The van der Waals surface area contributed by atoms with Gasteiger partial charge in [0.15, 0.2) is 11.5 Å². The molecule has 3 aromatic carbocycles. The number of amides is 2. The number of ether oxygens (including phenoxy) is 2. The predicted octanol–water partition coefficient (Wildman–Crippen LogP) is 6.59. The Bertz CT molecular complexity index is 1390. The summed E-state index contributed by atoms with van der Waals surface area (Å²) >= 11 is 0. The molecule has 0 saturated heterocycles. The number of halogens is 3. The van der Waals surface area contributed by atoms with Crippen LogP contribution in [0.3, 0.4) is 0 Å². The molecule has 216 valence electrons. The van der Waals surface area contributed by atoms with Crippen LogP contribution in [0, 0.1) is 6.92 Å². The lowest BCUT2D eigenvalue weighted by Gasteiger charge is -2.17. The Hall–Kier alpha value is -4.60. The number of nitrogens with one attached hydrogen (secondary N) is 2. The summed E-state index contributed by atoms with van der Waals surface area (Å²) in [6, 6.07) is 15.9. The molecule has 3 aromatic rings. The van der Waals surface area contributed by atoms with Crippen molar-refractivity contribution < 1.29 is 32.2 Å². The van der Waals surface area contributed by atoms with Crippen LogP contribution in [0.25, 0.3) is 0 Å². The van der Waals surface area contributed by atoms with E-state index in [1.54, 1.807) is 12.1 Å². The molecule has 0 atom stereocenters. The number of rotatable bonds is 13. The summed E-state index contributed by atoms with van der Waals surface area (Å²) < 4.78 is 50.5. The van der Waals surface area contributed by atoms with Crippen molar-refractivity contribution in [3.05, 3.63) is 101 Å². The average Bonchev–Trinajstić information content (AvgIpc) is 2.92. The number of alkyl halides is 3. The van der Waals surface area contributed by atoms with Gasteiger partial charge in [0.25, 0.3) is 0 Å². The number of hydrogen-bond acceptors (Lipinski definition) is 5. The van der Waals surface area contributed by atoms with Crippen LogP contribution >= 0.6 is 0 Å². The highest BCUT2D eigenvalue weighted by Gasteiger charge is 2.30. The fourth-order valence-electron chi connectivity index (χ4n) is 3.79. The second-order valence-corrected chi connectivity index (χ2v) is 9.13. The van der Waals surface area contributed by atoms with Crippen LogP contribution in [0.15, 0.2) is 78.4 Å². The average molecular weight is 568 g/mol. The SMILES string of the molecule is C=CCc1cc(C=NNC(=O)CCC(=O)Nc2cccc(C(F)(F)F)c2)cc(OCC)c1OCc1ccc(C)cc1. The number of hydrazone groups is 1. The van der Waals surface area contributed by atoms with Crippen LogP contribution in [0.5, 0.6) is 11.5 Å². The van der Waals surface area contributed by atoms with Crippen LogP contribution in [0.2, 0.25) is 0 Å². The first-order valence-corrected chi connectivity index (χ1v) is 13.0. The zero-order chi connectivity index (χ0) is 29.8. The number of carbonyl (C=O) groups excluding carboxylic acids is 2. The van der Waals surface area contributed by atoms with Gasteiger partial charge in [0.2, 0.25) is 11.8 Å². The van der Waals surface area contributed by atoms with Gasteiger partial charge in [-0.2, -0.15) is 18.3 Å². The van der Waals surface area contributed by atoms with Gasteiger partial charge in [-0.25, -0.2) is 5.43 Å². The number of nitrogens with zero attached hydrogens (tertiary/aromatic N) is 1. The van der Waals surface area contributed by atoms with E-state index >= 15 is 0 Å². The molecule has 0 bridgehead atoms. The molecular weight excluding hydrogens is 535 g/mol. The second kappa shape index (κ2) is 14.7. The molecule has 0 heterocycles. The monoisotopic (exact) mass is 567 g/mol. The Morgan fingerprint density at radius 3 is 2.41 bits per heavy atom. The topological polar surface area (TPSA) is 89.0 Å². The molecule has 0 aromatic heterocycles. The van der Waals surface area contributed by atoms with Crippen molar-refractivity contribution >= 4 is 23.7 Å². The maximum atomic E-state index is 12.9. The van der Waals surface area contributed by atoms with E-state index in [0.717, 1.165) is 28.8 Å². The minimum absolute atomic E-state index is 0.00465. The first kappa shape index (κ1) is 30.9. The van der Waals surface area contributed by atoms with Gasteiger partial charge in [-0.05, 0) is 61.7 Å². The summed E-state index contributed by atoms with van der Waals surface area (Å²) in [7, 11) is 0. The van der Waals surface area contributed by atoms with Gasteiger partial charge in [-0.1, -0.05) is 42.0 Å². The van der Waals surface area contributed by atoms with Crippen LogP contribution in [-0.4, -0.2) is 24.6 Å². The molecule has 0 aliphatic carbocycles. The van der Waals surface area contributed by atoms with E-state index in [4.69, 9.17) is 9.47 Å². The number of benzene rings is 3. The Labute approximate surface area is 237 Å². The molecule has 7 nitrogen and oxygen atoms in total. The Kier molecular flexibility index (Phi) is 11.1. The number of aryl methyl sites for hydroxylation is 1. The van der Waals surface area contributed by atoms with E-state index in [2.05, 4.69) is 22.4 Å². The van der Waals surface area contributed by atoms with Gasteiger partial charge in [0, 0.05) is 24.1 Å². The molecule has 0 fully saturated rings. The fourth-order valence-corrected chi connectivity index (χ4v) is 3.79. The van der Waals surface area contributed by atoms with Crippen LogP contribution < -0.4 is 20.2 Å². The molecule has 0 saturated carbocycles. The third-order valence-corrected chi connectivity index (χ3v) is 5.78. The van der Waals surface area contributed by atoms with Crippen molar-refractivity contribution in [2.24, 2.45) is 5.10 Å². The smallest absolute Gasteiger partial charge is 0.416 e. The fraction of sp³-hybridized carbons (Fsp3) is 0.258. The predicted molar refractivity (Wildman–Crippen MR) is 152 cm³/mol. The summed E-state index contributed by atoms with van der Waals surface area (Å²) in [5.41, 5.74) is 5.13. The molecule has 0 radical (unpaired) electrons. The van der Waals surface area contributed by atoms with Gasteiger partial charge in [0.05, 0.1) is 18.4 Å². The normalized spacial score (nSPS) is 11.2. The number of allylic oxidation sites excluding steroid dienone is 1. The lowest BCUT2D eigenvalue weighted by molar-refractivity contribution is -0.137. The van der Waals surface area contributed by atoms with Crippen molar-refractivity contribution in [3.63, 3.8) is 0 Å². The largest absolute Gasteiger partial charge is 0.490 e. The van der Waals surface area contributed by atoms with Gasteiger partial charge in [0.1, 0.15) is 6.61 Å². The van der Waals surface area contributed by atoms with Crippen LogP contribution in [-0.2, 0) is 28.8 Å². The maximum Gasteiger partial charge on any atom is 0.416 e. The lowest BCUT2D eigenvalue weighted by atomic mass is 10.1. The third kappa shape index (κ3) is 9.82. The minimum Gasteiger partial charge on any atom is -0.490 e. The van der Waals surface area contributed by atoms with Crippen molar-refractivity contribution in [2.75, 3.05) is 11.9 Å². The Balaban J connectivity index is 1.60. The van der Waals surface area contributed by atoms with E-state index in [0.29, 0.717) is 36.7 Å². The van der Waals surface area contributed by atoms with Crippen LogP contribution in [0.1, 0.15) is 47.6 Å². The number of anilines is 1. The van der Waals surface area contributed by atoms with E-state index in [-0.39, 0.29) is 18.5 Å². The molecule has 0 aliphatic rings. The first-order chi connectivity index (χ1) is 19.6. The van der Waals surface area contributed by atoms with E-state index in [1.807, 2.05) is 44.2 Å². The highest BCUT2D eigenvalue weighted by Crippen LogP contribution is 2.34. The highest BCUT2D eigenvalue weighted by atomic mass is 19.4. The van der Waals surface area contributed by atoms with E-state index in [9.17, 15) is 22.8 Å². The molecule has 10 heteroatoms. The summed E-state index contributed by atoms with van der Waals surface area (Å²) in [5, 5.41) is 6.34. The maximum absolute atomic E-state index is 12.9. The molecule has 2 N–H and O–H groups in total. The number of hydrogen-bond donors (Lipinski definition) is 2. The third-order valence-electron chi connectivity index (χ3n) is 5.78. The van der Waals surface area contributed by atoms with E-state index < -0.39 is 23.6 Å². The molecular formula is C31H32F3N3O4. The van der Waals surface area contributed by atoms with Gasteiger partial charge >= 0.3 is 6.18 Å². The van der Waals surface area contributed by atoms with Crippen molar-refractivity contribution in [2.45, 2.75) is 45.9 Å². The molecule has 41 heavy (non-hydrogen) atoms. The summed E-state index contributed by atoms with van der Waals surface area (Å²) in [6.45, 7) is 8.47. The Morgan fingerprint density at radius 2 is 1.73 bits per heavy atom. The minimum atomic E-state index is -4.52. The number of carbonyl (C=O) groups is 2.